The maximum Gasteiger partial charge on any atom is 0.222 e. The monoisotopic (exact) mass is 330 g/mol. The van der Waals surface area contributed by atoms with E-state index in [1.165, 1.54) is 11.8 Å². The highest BCUT2D eigenvalue weighted by atomic mass is 32.2. The van der Waals surface area contributed by atoms with Crippen molar-refractivity contribution < 1.29 is 4.79 Å². The minimum absolute atomic E-state index is 0.120. The van der Waals surface area contributed by atoms with Gasteiger partial charge in [-0.3, -0.25) is 9.78 Å². The Morgan fingerprint density at radius 1 is 1.17 bits per heavy atom. The average molecular weight is 330 g/mol. The fourth-order valence-electron chi connectivity index (χ4n) is 2.43. The van der Waals surface area contributed by atoms with E-state index in [1.54, 1.807) is 17.3 Å². The Morgan fingerprint density at radius 3 is 2.35 bits per heavy atom. The van der Waals surface area contributed by atoms with Gasteiger partial charge < -0.3 is 4.90 Å². The molecule has 0 radical (unpaired) electrons. The lowest BCUT2D eigenvalue weighted by Crippen LogP contribution is -2.26. The number of carbonyl (C=O) groups excluding carboxylic acids is 1. The summed E-state index contributed by atoms with van der Waals surface area (Å²) in [6.45, 7) is 4.56. The van der Waals surface area contributed by atoms with Crippen LogP contribution in [-0.4, -0.2) is 39.1 Å². The summed E-state index contributed by atoms with van der Waals surface area (Å²) in [5.41, 5.74) is 4.09. The molecule has 2 rings (SSSR count). The summed E-state index contributed by atoms with van der Waals surface area (Å²) in [7, 11) is 1.83. The van der Waals surface area contributed by atoms with Gasteiger partial charge in [0, 0.05) is 43.8 Å². The van der Waals surface area contributed by atoms with Crippen LogP contribution >= 0.6 is 11.8 Å². The number of carbonyl (C=O) groups is 1. The van der Waals surface area contributed by atoms with Gasteiger partial charge in [0.05, 0.1) is 0 Å². The first kappa shape index (κ1) is 17.4. The molecule has 2 heterocycles. The SMILES string of the molecule is CSc1nc(C)c(CCC(=O)N(C)Cc2ccncc2)c(C)n1. The van der Waals surface area contributed by atoms with E-state index in [2.05, 4.69) is 15.0 Å². The van der Waals surface area contributed by atoms with Gasteiger partial charge in [-0.1, -0.05) is 11.8 Å². The van der Waals surface area contributed by atoms with Crippen LogP contribution in [0.1, 0.15) is 28.9 Å². The molecule has 2 aromatic heterocycles. The number of hydrogen-bond donors (Lipinski definition) is 0. The van der Waals surface area contributed by atoms with Crippen molar-refractivity contribution in [2.24, 2.45) is 0 Å². The lowest BCUT2D eigenvalue weighted by Gasteiger charge is -2.18. The molecule has 0 aliphatic heterocycles. The average Bonchev–Trinajstić information content (AvgIpc) is 2.54. The molecule has 6 heteroatoms. The first-order valence-electron chi connectivity index (χ1n) is 7.52. The van der Waals surface area contributed by atoms with Gasteiger partial charge in [0.25, 0.3) is 0 Å². The van der Waals surface area contributed by atoms with Crippen LogP contribution < -0.4 is 0 Å². The third kappa shape index (κ3) is 4.76. The largest absolute Gasteiger partial charge is 0.341 e. The summed E-state index contributed by atoms with van der Waals surface area (Å²) in [6, 6.07) is 3.85. The Morgan fingerprint density at radius 2 is 1.78 bits per heavy atom. The van der Waals surface area contributed by atoms with E-state index in [-0.39, 0.29) is 5.91 Å². The molecule has 0 saturated carbocycles. The number of thioether (sulfide) groups is 1. The van der Waals surface area contributed by atoms with Crippen molar-refractivity contribution in [2.45, 2.75) is 38.4 Å². The number of amides is 1. The maximum absolute atomic E-state index is 12.3. The number of rotatable bonds is 6. The molecule has 122 valence electrons. The van der Waals surface area contributed by atoms with Crippen LogP contribution in [0.2, 0.25) is 0 Å². The van der Waals surface area contributed by atoms with Gasteiger partial charge in [-0.15, -0.1) is 0 Å². The first-order chi connectivity index (χ1) is 11.0. The molecule has 5 nitrogen and oxygen atoms in total. The molecule has 0 fully saturated rings. The number of pyridine rings is 1. The molecule has 0 spiro atoms. The highest BCUT2D eigenvalue weighted by Gasteiger charge is 2.13. The predicted molar refractivity (Wildman–Crippen MR) is 92.3 cm³/mol. The van der Waals surface area contributed by atoms with Crippen molar-refractivity contribution in [3.05, 3.63) is 47.0 Å². The second-order valence-electron chi connectivity index (χ2n) is 5.46. The van der Waals surface area contributed by atoms with Crippen molar-refractivity contribution in [1.29, 1.82) is 0 Å². The lowest BCUT2D eigenvalue weighted by molar-refractivity contribution is -0.130. The lowest BCUT2D eigenvalue weighted by atomic mass is 10.1. The van der Waals surface area contributed by atoms with Gasteiger partial charge in [0.2, 0.25) is 5.91 Å². The fraction of sp³-hybridized carbons (Fsp3) is 0.412. The van der Waals surface area contributed by atoms with E-state index in [0.29, 0.717) is 19.4 Å². The summed E-state index contributed by atoms with van der Waals surface area (Å²) in [6.07, 6.45) is 6.58. The van der Waals surface area contributed by atoms with E-state index in [9.17, 15) is 4.79 Å². The Labute approximate surface area is 141 Å². The van der Waals surface area contributed by atoms with Crippen LogP contribution in [0.15, 0.2) is 29.7 Å². The quantitative estimate of drug-likeness (QED) is 0.602. The zero-order valence-electron chi connectivity index (χ0n) is 14.0. The van der Waals surface area contributed by atoms with Crippen molar-refractivity contribution in [2.75, 3.05) is 13.3 Å². The Balaban J connectivity index is 1.96. The number of hydrogen-bond acceptors (Lipinski definition) is 5. The molecule has 0 atom stereocenters. The molecule has 0 bridgehead atoms. The van der Waals surface area contributed by atoms with E-state index in [1.807, 2.05) is 39.3 Å². The van der Waals surface area contributed by atoms with Crippen LogP contribution in [0.4, 0.5) is 0 Å². The molecule has 2 aromatic rings. The van der Waals surface area contributed by atoms with E-state index in [4.69, 9.17) is 0 Å². The standard InChI is InChI=1S/C17H22N4OS/c1-12-15(13(2)20-17(19-12)23-4)5-6-16(22)21(3)11-14-7-9-18-10-8-14/h7-10H,5-6,11H2,1-4H3. The van der Waals surface area contributed by atoms with Crippen LogP contribution in [-0.2, 0) is 17.8 Å². The van der Waals surface area contributed by atoms with E-state index in [0.717, 1.165) is 27.7 Å². The summed E-state index contributed by atoms with van der Waals surface area (Å²) < 4.78 is 0. The number of aryl methyl sites for hydroxylation is 2. The molecule has 23 heavy (non-hydrogen) atoms. The highest BCUT2D eigenvalue weighted by Crippen LogP contribution is 2.17. The Hall–Kier alpha value is -1.95. The van der Waals surface area contributed by atoms with E-state index < -0.39 is 0 Å². The third-order valence-electron chi connectivity index (χ3n) is 3.77. The van der Waals surface area contributed by atoms with Gasteiger partial charge in [-0.2, -0.15) is 0 Å². The van der Waals surface area contributed by atoms with Gasteiger partial charge in [0.15, 0.2) is 5.16 Å². The molecule has 0 unspecified atom stereocenters. The molecule has 0 saturated heterocycles. The van der Waals surface area contributed by atoms with Crippen LogP contribution in [0.5, 0.6) is 0 Å². The second-order valence-corrected chi connectivity index (χ2v) is 6.24. The van der Waals surface area contributed by atoms with Crippen molar-refractivity contribution >= 4 is 17.7 Å². The van der Waals surface area contributed by atoms with Crippen molar-refractivity contribution in [3.8, 4) is 0 Å². The predicted octanol–water partition coefficient (Wildman–Crippen LogP) is 2.80. The Kier molecular flexibility index (Phi) is 6.10. The first-order valence-corrected chi connectivity index (χ1v) is 8.74. The van der Waals surface area contributed by atoms with Crippen molar-refractivity contribution in [3.63, 3.8) is 0 Å². The third-order valence-corrected chi connectivity index (χ3v) is 4.31. The highest BCUT2D eigenvalue weighted by molar-refractivity contribution is 7.98. The van der Waals surface area contributed by atoms with Gasteiger partial charge >= 0.3 is 0 Å². The molecule has 0 aliphatic rings. The molecular weight excluding hydrogens is 308 g/mol. The van der Waals surface area contributed by atoms with Gasteiger partial charge in [0.1, 0.15) is 0 Å². The maximum atomic E-state index is 12.3. The molecular formula is C17H22N4OS. The Bertz CT molecular complexity index is 653. The topological polar surface area (TPSA) is 59.0 Å². The summed E-state index contributed by atoms with van der Waals surface area (Å²) in [5, 5.41) is 0.782. The van der Waals surface area contributed by atoms with Crippen LogP contribution in [0.3, 0.4) is 0 Å². The van der Waals surface area contributed by atoms with Gasteiger partial charge in [-0.05, 0) is 49.8 Å². The number of nitrogens with zero attached hydrogens (tertiary/aromatic N) is 4. The second kappa shape index (κ2) is 8.06. The normalized spacial score (nSPS) is 10.6. The van der Waals surface area contributed by atoms with Gasteiger partial charge in [-0.25, -0.2) is 9.97 Å². The molecule has 0 aliphatic carbocycles. The minimum Gasteiger partial charge on any atom is -0.341 e. The number of aromatic nitrogens is 3. The molecule has 0 N–H and O–H groups in total. The summed E-state index contributed by atoms with van der Waals surface area (Å²) >= 11 is 1.53. The summed E-state index contributed by atoms with van der Waals surface area (Å²) in [5.74, 6) is 0.120. The summed E-state index contributed by atoms with van der Waals surface area (Å²) in [4.78, 5) is 27.0. The van der Waals surface area contributed by atoms with Crippen LogP contribution in [0.25, 0.3) is 0 Å². The van der Waals surface area contributed by atoms with Crippen LogP contribution in [0, 0.1) is 13.8 Å². The zero-order valence-corrected chi connectivity index (χ0v) is 14.9. The minimum atomic E-state index is 0.120. The fourth-order valence-corrected chi connectivity index (χ4v) is 2.89. The smallest absolute Gasteiger partial charge is 0.222 e. The van der Waals surface area contributed by atoms with Crippen molar-refractivity contribution in [1.82, 2.24) is 19.9 Å². The molecule has 1 amide bonds. The zero-order chi connectivity index (χ0) is 16.8. The molecule has 0 aromatic carbocycles. The van der Waals surface area contributed by atoms with E-state index >= 15 is 0 Å².